The first-order valence-electron chi connectivity index (χ1n) is 5.01. The highest BCUT2D eigenvalue weighted by Crippen LogP contribution is 2.30. The van der Waals surface area contributed by atoms with Gasteiger partial charge in [0, 0.05) is 16.6 Å². The largest absolute Gasteiger partial charge is 0.276 e. The summed E-state index contributed by atoms with van der Waals surface area (Å²) in [5.41, 5.74) is -0.881. The number of rotatable bonds is 4. The monoisotopic (exact) mass is 380 g/mol. The number of hydrogen-bond donors (Lipinski definition) is 1. The summed E-state index contributed by atoms with van der Waals surface area (Å²) in [5.74, 6) is -0.896. The minimum atomic E-state index is -4.01. The van der Waals surface area contributed by atoms with Crippen LogP contribution in [0.2, 0.25) is 0 Å². The predicted octanol–water partition coefficient (Wildman–Crippen LogP) is 3.36. The van der Waals surface area contributed by atoms with E-state index in [1.54, 1.807) is 5.38 Å². The minimum Gasteiger partial charge on any atom is -0.276 e. The lowest BCUT2D eigenvalue weighted by molar-refractivity contribution is -0.384. The third-order valence-electron chi connectivity index (χ3n) is 2.23. The molecule has 1 heterocycles. The molecule has 6 nitrogen and oxygen atoms in total. The molecule has 0 amide bonds. The Morgan fingerprint density at radius 3 is 2.60 bits per heavy atom. The van der Waals surface area contributed by atoms with E-state index < -0.39 is 32.1 Å². The molecule has 2 rings (SSSR count). The van der Waals surface area contributed by atoms with Gasteiger partial charge in [0.2, 0.25) is 0 Å². The van der Waals surface area contributed by atoms with Crippen LogP contribution >= 0.6 is 27.3 Å². The Morgan fingerprint density at radius 2 is 2.05 bits per heavy atom. The molecule has 0 aliphatic carbocycles. The second-order valence-electron chi connectivity index (χ2n) is 3.58. The van der Waals surface area contributed by atoms with E-state index in [-0.39, 0.29) is 4.21 Å². The van der Waals surface area contributed by atoms with Crippen LogP contribution in [0.5, 0.6) is 0 Å². The first-order valence-corrected chi connectivity index (χ1v) is 8.16. The number of nitrogens with one attached hydrogen (secondary N) is 1. The van der Waals surface area contributed by atoms with E-state index in [9.17, 15) is 22.9 Å². The summed E-state index contributed by atoms with van der Waals surface area (Å²) in [6.07, 6.45) is 0. The fraction of sp³-hybridized carbons (Fsp3) is 0. The maximum absolute atomic E-state index is 13.5. The topological polar surface area (TPSA) is 89.3 Å². The fourth-order valence-electron chi connectivity index (χ4n) is 1.37. The number of nitro benzene ring substituents is 1. The molecule has 0 atom stereocenters. The highest BCUT2D eigenvalue weighted by molar-refractivity contribution is 9.10. The third-order valence-corrected chi connectivity index (χ3v) is 6.27. The molecule has 1 aromatic heterocycles. The van der Waals surface area contributed by atoms with E-state index in [0.717, 1.165) is 29.5 Å². The van der Waals surface area contributed by atoms with E-state index in [4.69, 9.17) is 0 Å². The summed E-state index contributed by atoms with van der Waals surface area (Å²) in [5, 5.41) is 12.2. The van der Waals surface area contributed by atoms with Gasteiger partial charge >= 0.3 is 0 Å². The van der Waals surface area contributed by atoms with Gasteiger partial charge in [-0.05, 0) is 33.4 Å². The fourth-order valence-corrected chi connectivity index (χ4v) is 4.76. The Hall–Kier alpha value is -1.52. The zero-order valence-corrected chi connectivity index (χ0v) is 12.8. The lowest BCUT2D eigenvalue weighted by Crippen LogP contribution is -2.13. The van der Waals surface area contributed by atoms with Crippen molar-refractivity contribution in [3.8, 4) is 0 Å². The number of sulfonamides is 1. The van der Waals surface area contributed by atoms with Gasteiger partial charge in [-0.25, -0.2) is 12.8 Å². The van der Waals surface area contributed by atoms with Gasteiger partial charge in [0.1, 0.15) is 5.82 Å². The Morgan fingerprint density at radius 1 is 1.35 bits per heavy atom. The molecule has 0 radical (unpaired) electrons. The summed E-state index contributed by atoms with van der Waals surface area (Å²) in [7, 11) is -4.01. The van der Waals surface area contributed by atoms with Gasteiger partial charge < -0.3 is 0 Å². The molecular formula is C10H6BrFN2O4S2. The molecular weight excluding hydrogens is 375 g/mol. The number of anilines is 1. The van der Waals surface area contributed by atoms with Gasteiger partial charge in [0.25, 0.3) is 15.7 Å². The SMILES string of the molecule is O=[N+]([O-])c1ccc(F)c(NS(=O)(=O)c2sccc2Br)c1. The molecule has 10 heteroatoms. The predicted molar refractivity (Wildman–Crippen MR) is 75.9 cm³/mol. The molecule has 0 aliphatic heterocycles. The normalized spacial score (nSPS) is 11.3. The number of non-ortho nitro benzene ring substituents is 1. The zero-order chi connectivity index (χ0) is 14.9. The van der Waals surface area contributed by atoms with Crippen LogP contribution in [-0.4, -0.2) is 13.3 Å². The molecule has 1 aromatic carbocycles. The molecule has 0 bridgehead atoms. The van der Waals surface area contributed by atoms with E-state index in [0.29, 0.717) is 4.47 Å². The second kappa shape index (κ2) is 5.46. The van der Waals surface area contributed by atoms with Crippen molar-refractivity contribution in [3.63, 3.8) is 0 Å². The highest BCUT2D eigenvalue weighted by atomic mass is 79.9. The maximum atomic E-state index is 13.5. The van der Waals surface area contributed by atoms with Crippen LogP contribution in [0.15, 0.2) is 38.3 Å². The van der Waals surface area contributed by atoms with Gasteiger partial charge in [0.05, 0.1) is 10.6 Å². The van der Waals surface area contributed by atoms with Crippen LogP contribution in [0, 0.1) is 15.9 Å². The lowest BCUT2D eigenvalue weighted by atomic mass is 10.3. The van der Waals surface area contributed by atoms with E-state index in [1.807, 2.05) is 4.72 Å². The summed E-state index contributed by atoms with van der Waals surface area (Å²) in [6.45, 7) is 0. The third kappa shape index (κ3) is 2.97. The van der Waals surface area contributed by atoms with Gasteiger partial charge in [-0.1, -0.05) is 0 Å². The van der Waals surface area contributed by atoms with Crippen molar-refractivity contribution < 1.29 is 17.7 Å². The number of nitrogens with zero attached hydrogens (tertiary/aromatic N) is 1. The van der Waals surface area contributed by atoms with Gasteiger partial charge in [-0.2, -0.15) is 0 Å². The molecule has 0 fully saturated rings. The summed E-state index contributed by atoms with van der Waals surface area (Å²) in [4.78, 5) is 9.88. The average Bonchev–Trinajstić information content (AvgIpc) is 2.78. The van der Waals surface area contributed by atoms with Crippen molar-refractivity contribution in [1.29, 1.82) is 0 Å². The van der Waals surface area contributed by atoms with Gasteiger partial charge in [-0.15, -0.1) is 11.3 Å². The molecule has 0 aliphatic rings. The number of hydrogen-bond acceptors (Lipinski definition) is 5. The molecule has 0 unspecified atom stereocenters. The average molecular weight is 381 g/mol. The smallest absolute Gasteiger partial charge is 0.272 e. The van der Waals surface area contributed by atoms with Crippen LogP contribution in [0.1, 0.15) is 0 Å². The summed E-state index contributed by atoms with van der Waals surface area (Å²) < 4.78 is 39.9. The van der Waals surface area contributed by atoms with E-state index in [1.165, 1.54) is 6.07 Å². The maximum Gasteiger partial charge on any atom is 0.272 e. The van der Waals surface area contributed by atoms with Crippen molar-refractivity contribution in [2.45, 2.75) is 4.21 Å². The molecule has 0 saturated heterocycles. The minimum absolute atomic E-state index is 0.0385. The number of halogens is 2. The number of nitro groups is 1. The molecule has 20 heavy (non-hydrogen) atoms. The first kappa shape index (κ1) is 14.9. The highest BCUT2D eigenvalue weighted by Gasteiger charge is 2.22. The standard InChI is InChI=1S/C10H6BrFN2O4S2/c11-7-3-4-19-10(7)20(17,18)13-9-5-6(14(15)16)1-2-8(9)12/h1-5,13H. The van der Waals surface area contributed by atoms with E-state index in [2.05, 4.69) is 15.9 Å². The molecule has 0 saturated carbocycles. The lowest BCUT2D eigenvalue weighted by Gasteiger charge is -2.07. The van der Waals surface area contributed by atoms with Gasteiger partial charge in [-0.3, -0.25) is 14.8 Å². The van der Waals surface area contributed by atoms with E-state index >= 15 is 0 Å². The van der Waals surface area contributed by atoms with Gasteiger partial charge in [0.15, 0.2) is 4.21 Å². The van der Waals surface area contributed by atoms with Crippen LogP contribution in [0.4, 0.5) is 15.8 Å². The van der Waals surface area contributed by atoms with Crippen LogP contribution < -0.4 is 4.72 Å². The van der Waals surface area contributed by atoms with Crippen molar-refractivity contribution >= 4 is 48.7 Å². The molecule has 2 aromatic rings. The summed E-state index contributed by atoms with van der Waals surface area (Å²) in [6, 6.07) is 4.14. The van der Waals surface area contributed by atoms with Crippen molar-refractivity contribution in [2.24, 2.45) is 0 Å². The molecule has 0 spiro atoms. The van der Waals surface area contributed by atoms with Crippen LogP contribution in [0.25, 0.3) is 0 Å². The Kier molecular flexibility index (Phi) is 4.06. The Balaban J connectivity index is 2.42. The zero-order valence-electron chi connectivity index (χ0n) is 9.54. The summed E-state index contributed by atoms with van der Waals surface area (Å²) >= 11 is 4.00. The molecule has 106 valence electrons. The van der Waals surface area contributed by atoms with Crippen molar-refractivity contribution in [3.05, 3.63) is 50.0 Å². The Bertz CT molecular complexity index is 775. The quantitative estimate of drug-likeness (QED) is 0.650. The van der Waals surface area contributed by atoms with Crippen molar-refractivity contribution in [2.75, 3.05) is 4.72 Å². The first-order chi connectivity index (χ1) is 9.31. The second-order valence-corrected chi connectivity index (χ2v) is 7.23. The van der Waals surface area contributed by atoms with Crippen LogP contribution in [0.3, 0.4) is 0 Å². The number of benzene rings is 1. The van der Waals surface area contributed by atoms with Crippen LogP contribution in [-0.2, 0) is 10.0 Å². The Labute approximate surface area is 125 Å². The number of thiophene rings is 1. The molecule has 1 N–H and O–H groups in total. The van der Waals surface area contributed by atoms with Crippen molar-refractivity contribution in [1.82, 2.24) is 0 Å².